The SMILES string of the molecule is CNS(=O)(=O)CCNC(=O)CCCCCN1C(=O)CC(SC)C1=O. The van der Waals surface area contributed by atoms with Gasteiger partial charge in [-0.3, -0.25) is 19.3 Å². The van der Waals surface area contributed by atoms with Crippen molar-refractivity contribution in [1.82, 2.24) is 14.9 Å². The lowest BCUT2D eigenvalue weighted by Crippen LogP contribution is -2.33. The second kappa shape index (κ2) is 10.00. The van der Waals surface area contributed by atoms with E-state index in [4.69, 9.17) is 0 Å². The number of unbranched alkanes of at least 4 members (excludes halogenated alkanes) is 2. The van der Waals surface area contributed by atoms with E-state index in [1.807, 2.05) is 6.26 Å². The van der Waals surface area contributed by atoms with Gasteiger partial charge in [0.1, 0.15) is 0 Å². The van der Waals surface area contributed by atoms with Crippen LogP contribution in [0, 0.1) is 0 Å². The highest BCUT2D eigenvalue weighted by atomic mass is 32.2. The average Bonchev–Trinajstić information content (AvgIpc) is 2.81. The zero-order valence-electron chi connectivity index (χ0n) is 14.0. The molecule has 1 aliphatic heterocycles. The second-order valence-corrected chi connectivity index (χ2v) is 8.58. The largest absolute Gasteiger partial charge is 0.355 e. The molecule has 10 heteroatoms. The Morgan fingerprint density at radius 3 is 2.58 bits per heavy atom. The standard InChI is InChI=1S/C14H25N3O5S2/c1-15-24(21,22)9-7-16-12(18)6-4-3-5-8-17-13(19)10-11(23-2)14(17)20/h11,15H,3-10H2,1-2H3,(H,16,18). The molecule has 1 heterocycles. The normalized spacial score (nSPS) is 18.2. The number of carbonyl (C=O) groups is 3. The van der Waals surface area contributed by atoms with Crippen molar-refractivity contribution in [2.45, 2.75) is 37.4 Å². The number of imide groups is 1. The van der Waals surface area contributed by atoms with E-state index in [0.29, 0.717) is 25.8 Å². The molecule has 3 amide bonds. The van der Waals surface area contributed by atoms with Crippen molar-refractivity contribution in [1.29, 1.82) is 0 Å². The summed E-state index contributed by atoms with van der Waals surface area (Å²) >= 11 is 1.39. The Bertz CT molecular complexity index is 565. The van der Waals surface area contributed by atoms with Crippen LogP contribution >= 0.6 is 11.8 Å². The van der Waals surface area contributed by atoms with Gasteiger partial charge in [-0.25, -0.2) is 13.1 Å². The Morgan fingerprint density at radius 2 is 2.00 bits per heavy atom. The first-order chi connectivity index (χ1) is 11.3. The number of carbonyl (C=O) groups excluding carboxylic acids is 3. The molecule has 1 aliphatic rings. The van der Waals surface area contributed by atoms with Crippen molar-refractivity contribution < 1.29 is 22.8 Å². The monoisotopic (exact) mass is 379 g/mol. The van der Waals surface area contributed by atoms with Crippen LogP contribution < -0.4 is 10.0 Å². The topological polar surface area (TPSA) is 113 Å². The molecule has 0 radical (unpaired) electrons. The number of amides is 3. The van der Waals surface area contributed by atoms with Crippen molar-refractivity contribution >= 4 is 39.5 Å². The van der Waals surface area contributed by atoms with Gasteiger partial charge >= 0.3 is 0 Å². The number of hydrogen-bond donors (Lipinski definition) is 2. The molecule has 0 aliphatic carbocycles. The lowest BCUT2D eigenvalue weighted by molar-refractivity contribution is -0.138. The Hall–Kier alpha value is -1.13. The van der Waals surface area contributed by atoms with Gasteiger partial charge < -0.3 is 5.32 Å². The first-order valence-corrected chi connectivity index (χ1v) is 10.8. The third-order valence-electron chi connectivity index (χ3n) is 3.78. The van der Waals surface area contributed by atoms with Gasteiger partial charge in [0.15, 0.2) is 0 Å². The molecule has 0 aromatic carbocycles. The fourth-order valence-corrected chi connectivity index (χ4v) is 3.53. The minimum atomic E-state index is -3.31. The predicted molar refractivity (Wildman–Crippen MR) is 93.0 cm³/mol. The zero-order chi connectivity index (χ0) is 18.2. The van der Waals surface area contributed by atoms with E-state index in [2.05, 4.69) is 10.0 Å². The smallest absolute Gasteiger partial charge is 0.242 e. The van der Waals surface area contributed by atoms with E-state index in [0.717, 1.165) is 6.42 Å². The summed E-state index contributed by atoms with van der Waals surface area (Å²) in [5, 5.41) is 2.30. The van der Waals surface area contributed by atoms with Gasteiger partial charge in [0.25, 0.3) is 0 Å². The fraction of sp³-hybridized carbons (Fsp3) is 0.786. The molecule has 0 aromatic rings. The maximum atomic E-state index is 11.9. The molecule has 1 atom stereocenters. The summed E-state index contributed by atoms with van der Waals surface area (Å²) in [6, 6.07) is 0. The molecule has 1 rings (SSSR count). The lowest BCUT2D eigenvalue weighted by atomic mass is 10.2. The average molecular weight is 380 g/mol. The number of sulfonamides is 1. The highest BCUT2D eigenvalue weighted by Gasteiger charge is 2.37. The predicted octanol–water partition coefficient (Wildman–Crippen LogP) is -0.297. The Kier molecular flexibility index (Phi) is 8.71. The summed E-state index contributed by atoms with van der Waals surface area (Å²) < 4.78 is 24.5. The van der Waals surface area contributed by atoms with Gasteiger partial charge in [-0.1, -0.05) is 6.42 Å². The van der Waals surface area contributed by atoms with Crippen LogP contribution in [0.4, 0.5) is 0 Å². The number of nitrogens with one attached hydrogen (secondary N) is 2. The Morgan fingerprint density at radius 1 is 1.29 bits per heavy atom. The van der Waals surface area contributed by atoms with Crippen molar-refractivity contribution in [2.24, 2.45) is 0 Å². The van der Waals surface area contributed by atoms with Gasteiger partial charge in [-0.15, -0.1) is 0 Å². The number of hydrogen-bond acceptors (Lipinski definition) is 6. The molecule has 8 nitrogen and oxygen atoms in total. The molecule has 0 saturated carbocycles. The third-order valence-corrected chi connectivity index (χ3v) is 6.08. The van der Waals surface area contributed by atoms with Crippen molar-refractivity contribution in [3.63, 3.8) is 0 Å². The molecule has 1 saturated heterocycles. The van der Waals surface area contributed by atoms with Gasteiger partial charge in [0, 0.05) is 25.9 Å². The second-order valence-electron chi connectivity index (χ2n) is 5.50. The lowest BCUT2D eigenvalue weighted by Gasteiger charge is -2.14. The summed E-state index contributed by atoms with van der Waals surface area (Å²) in [6.45, 7) is 0.478. The highest BCUT2D eigenvalue weighted by molar-refractivity contribution is 8.00. The molecule has 2 N–H and O–H groups in total. The molecule has 0 bridgehead atoms. The highest BCUT2D eigenvalue weighted by Crippen LogP contribution is 2.23. The van der Waals surface area contributed by atoms with Crippen LogP contribution in [0.5, 0.6) is 0 Å². The third kappa shape index (κ3) is 6.78. The summed E-state index contributed by atoms with van der Waals surface area (Å²) in [5.41, 5.74) is 0. The number of thioether (sulfide) groups is 1. The van der Waals surface area contributed by atoms with Crippen LogP contribution in [0.2, 0.25) is 0 Å². The molecular weight excluding hydrogens is 354 g/mol. The number of likely N-dealkylation sites (tertiary alicyclic amines) is 1. The maximum absolute atomic E-state index is 11.9. The minimum Gasteiger partial charge on any atom is -0.355 e. The van der Waals surface area contributed by atoms with Gasteiger partial charge in [-0.2, -0.15) is 11.8 Å². The van der Waals surface area contributed by atoms with Crippen molar-refractivity contribution in [2.75, 3.05) is 32.1 Å². The van der Waals surface area contributed by atoms with Crippen LogP contribution in [0.3, 0.4) is 0 Å². The molecule has 24 heavy (non-hydrogen) atoms. The Balaban J connectivity index is 2.13. The van der Waals surface area contributed by atoms with Crippen LogP contribution in [0.25, 0.3) is 0 Å². The molecule has 0 aromatic heterocycles. The summed E-state index contributed by atoms with van der Waals surface area (Å²) in [5.74, 6) is -0.582. The van der Waals surface area contributed by atoms with Crippen molar-refractivity contribution in [3.05, 3.63) is 0 Å². The van der Waals surface area contributed by atoms with Gasteiger partial charge in [0.05, 0.1) is 11.0 Å². The number of nitrogens with zero attached hydrogens (tertiary/aromatic N) is 1. The first-order valence-electron chi connectivity index (χ1n) is 7.85. The van der Waals surface area contributed by atoms with E-state index < -0.39 is 10.0 Å². The van der Waals surface area contributed by atoms with E-state index in [9.17, 15) is 22.8 Å². The summed E-state index contributed by atoms with van der Waals surface area (Å²) in [6.07, 6.45) is 4.42. The molecule has 0 spiro atoms. The van der Waals surface area contributed by atoms with Crippen LogP contribution in [-0.2, 0) is 24.4 Å². The van der Waals surface area contributed by atoms with Gasteiger partial charge in [-0.05, 0) is 26.1 Å². The Labute approximate surface area is 147 Å². The van der Waals surface area contributed by atoms with E-state index >= 15 is 0 Å². The van der Waals surface area contributed by atoms with E-state index in [-0.39, 0.29) is 41.7 Å². The summed E-state index contributed by atoms with van der Waals surface area (Å²) in [4.78, 5) is 36.5. The fourth-order valence-electron chi connectivity index (χ4n) is 2.32. The van der Waals surface area contributed by atoms with Crippen LogP contribution in [0.15, 0.2) is 0 Å². The first kappa shape index (κ1) is 20.9. The maximum Gasteiger partial charge on any atom is 0.242 e. The zero-order valence-corrected chi connectivity index (χ0v) is 15.7. The van der Waals surface area contributed by atoms with Crippen LogP contribution in [-0.4, -0.2) is 68.4 Å². The molecule has 1 unspecified atom stereocenters. The summed E-state index contributed by atoms with van der Waals surface area (Å²) in [7, 11) is -1.98. The molecule has 1 fully saturated rings. The van der Waals surface area contributed by atoms with E-state index in [1.165, 1.54) is 23.7 Å². The van der Waals surface area contributed by atoms with E-state index in [1.54, 1.807) is 0 Å². The van der Waals surface area contributed by atoms with Crippen LogP contribution in [0.1, 0.15) is 32.1 Å². The van der Waals surface area contributed by atoms with Crippen molar-refractivity contribution in [3.8, 4) is 0 Å². The molecular formula is C14H25N3O5S2. The molecule has 138 valence electrons. The quantitative estimate of drug-likeness (QED) is 0.377. The minimum absolute atomic E-state index is 0.0782. The van der Waals surface area contributed by atoms with Gasteiger partial charge in [0.2, 0.25) is 27.7 Å². The number of rotatable bonds is 11.